The minimum atomic E-state index is -2.96. The number of halogens is 3. The van der Waals surface area contributed by atoms with E-state index in [4.69, 9.17) is 25.8 Å². The van der Waals surface area contributed by atoms with Gasteiger partial charge in [0.05, 0.1) is 19.2 Å². The zero-order valence-corrected chi connectivity index (χ0v) is 15.5. The van der Waals surface area contributed by atoms with Crippen molar-refractivity contribution >= 4 is 29.5 Å². The van der Waals surface area contributed by atoms with Gasteiger partial charge in [-0.2, -0.15) is 8.78 Å². The van der Waals surface area contributed by atoms with E-state index in [1.807, 2.05) is 0 Å². The molecule has 0 aromatic heterocycles. The molecule has 146 valence electrons. The highest BCUT2D eigenvalue weighted by molar-refractivity contribution is 6.32. The summed E-state index contributed by atoms with van der Waals surface area (Å²) < 4.78 is 44.6. The second-order valence-corrected chi connectivity index (χ2v) is 5.89. The summed E-state index contributed by atoms with van der Waals surface area (Å²) in [5.41, 5.74) is 0.869. The number of esters is 1. The van der Waals surface area contributed by atoms with Gasteiger partial charge in [0.2, 0.25) is 5.90 Å². The van der Waals surface area contributed by atoms with Crippen molar-refractivity contribution in [3.8, 4) is 17.2 Å². The molecule has 1 heterocycles. The van der Waals surface area contributed by atoms with E-state index in [2.05, 4.69) is 9.73 Å². The minimum Gasteiger partial charge on any atom is -0.493 e. The Bertz CT molecular complexity index is 975. The van der Waals surface area contributed by atoms with Crippen molar-refractivity contribution in [2.75, 3.05) is 14.2 Å². The van der Waals surface area contributed by atoms with E-state index >= 15 is 0 Å². The predicted octanol–water partition coefficient (Wildman–Crippen LogP) is 4.30. The summed E-state index contributed by atoms with van der Waals surface area (Å²) in [4.78, 5) is 16.3. The van der Waals surface area contributed by atoms with Crippen molar-refractivity contribution in [3.05, 3.63) is 58.2 Å². The number of alkyl halides is 2. The third-order valence-electron chi connectivity index (χ3n) is 3.69. The fraction of sp³-hybridized carbons (Fsp3) is 0.158. The highest BCUT2D eigenvalue weighted by Gasteiger charge is 2.25. The Hall–Kier alpha value is -3.13. The number of rotatable bonds is 6. The van der Waals surface area contributed by atoms with Gasteiger partial charge in [-0.3, -0.25) is 0 Å². The van der Waals surface area contributed by atoms with Crippen LogP contribution in [0.5, 0.6) is 17.2 Å². The van der Waals surface area contributed by atoms with Crippen LogP contribution in [-0.2, 0) is 9.53 Å². The number of aliphatic imine (C=N–C) groups is 1. The molecule has 0 saturated carbocycles. The molecule has 0 atom stereocenters. The molecule has 9 heteroatoms. The summed E-state index contributed by atoms with van der Waals surface area (Å²) in [6, 6.07) is 8.90. The van der Waals surface area contributed by atoms with Crippen molar-refractivity contribution in [1.82, 2.24) is 0 Å². The molecule has 0 N–H and O–H groups in total. The third-order valence-corrected chi connectivity index (χ3v) is 3.97. The van der Waals surface area contributed by atoms with E-state index in [1.54, 1.807) is 18.2 Å². The van der Waals surface area contributed by atoms with Crippen LogP contribution < -0.4 is 14.2 Å². The lowest BCUT2D eigenvalue weighted by molar-refractivity contribution is -0.129. The summed E-state index contributed by atoms with van der Waals surface area (Å²) in [5.74, 6) is -0.0476. The van der Waals surface area contributed by atoms with Crippen molar-refractivity contribution in [2.45, 2.75) is 6.61 Å². The maximum Gasteiger partial charge on any atom is 0.387 e. The zero-order chi connectivity index (χ0) is 20.3. The Kier molecular flexibility index (Phi) is 5.79. The fourth-order valence-electron chi connectivity index (χ4n) is 2.52. The van der Waals surface area contributed by atoms with Crippen LogP contribution in [0.3, 0.4) is 0 Å². The average molecular weight is 410 g/mol. The molecular weight excluding hydrogens is 396 g/mol. The van der Waals surface area contributed by atoms with Crippen LogP contribution in [0.25, 0.3) is 6.08 Å². The highest BCUT2D eigenvalue weighted by atomic mass is 35.5. The van der Waals surface area contributed by atoms with Gasteiger partial charge in [0.15, 0.2) is 17.2 Å². The molecule has 2 aromatic carbocycles. The molecule has 0 unspecified atom stereocenters. The van der Waals surface area contributed by atoms with Gasteiger partial charge in [0.1, 0.15) is 5.75 Å². The van der Waals surface area contributed by atoms with E-state index < -0.39 is 12.6 Å². The first kappa shape index (κ1) is 19.6. The summed E-state index contributed by atoms with van der Waals surface area (Å²) >= 11 is 6.16. The molecular formula is C19H14ClF2NO5. The third kappa shape index (κ3) is 4.23. The molecule has 0 amide bonds. The summed E-state index contributed by atoms with van der Waals surface area (Å²) in [6.45, 7) is -2.96. The number of carbonyl (C=O) groups excluding carboxylic acids is 1. The number of hydrogen-bond acceptors (Lipinski definition) is 6. The van der Waals surface area contributed by atoms with E-state index in [9.17, 15) is 13.6 Å². The normalized spacial score (nSPS) is 14.9. The quantitative estimate of drug-likeness (QED) is 0.525. The summed E-state index contributed by atoms with van der Waals surface area (Å²) in [6.07, 6.45) is 1.46. The van der Waals surface area contributed by atoms with Crippen LogP contribution in [0.1, 0.15) is 11.1 Å². The smallest absolute Gasteiger partial charge is 0.387 e. The summed E-state index contributed by atoms with van der Waals surface area (Å²) in [7, 11) is 2.91. The van der Waals surface area contributed by atoms with Gasteiger partial charge in [-0.25, -0.2) is 9.79 Å². The predicted molar refractivity (Wildman–Crippen MR) is 98.2 cm³/mol. The Labute approximate surface area is 163 Å². The van der Waals surface area contributed by atoms with E-state index in [-0.39, 0.29) is 17.3 Å². The molecule has 0 saturated heterocycles. The van der Waals surface area contributed by atoms with Crippen LogP contribution in [-0.4, -0.2) is 32.7 Å². The molecule has 28 heavy (non-hydrogen) atoms. The lowest BCUT2D eigenvalue weighted by atomic mass is 10.1. The van der Waals surface area contributed by atoms with Gasteiger partial charge >= 0.3 is 12.6 Å². The van der Waals surface area contributed by atoms with Crippen LogP contribution in [0.4, 0.5) is 8.78 Å². The number of nitrogens with zero attached hydrogens (tertiary/aromatic N) is 1. The topological polar surface area (TPSA) is 66.3 Å². The molecule has 1 aliphatic heterocycles. The monoisotopic (exact) mass is 409 g/mol. The van der Waals surface area contributed by atoms with Gasteiger partial charge < -0.3 is 18.9 Å². The fourth-order valence-corrected chi connectivity index (χ4v) is 2.81. The number of methoxy groups -OCH3 is 2. The first-order valence-corrected chi connectivity index (χ1v) is 8.28. The maximum absolute atomic E-state index is 12.4. The van der Waals surface area contributed by atoms with Crippen LogP contribution in [0.15, 0.2) is 47.1 Å². The SMILES string of the molecule is COc1cc(/C=C2\N=C(c3cccc(OC(F)F)c3)OC2=O)cc(Cl)c1OC. The van der Waals surface area contributed by atoms with Gasteiger partial charge in [0.25, 0.3) is 0 Å². The standard InChI is InChI=1S/C19H14ClF2NO5/c1-25-15-8-10(6-13(20)16(15)26-2)7-14-18(24)28-17(23-14)11-4-3-5-12(9-11)27-19(21)22/h3-9,19H,1-2H3/b14-7-. The van der Waals surface area contributed by atoms with Gasteiger partial charge in [-0.05, 0) is 42.0 Å². The Morgan fingerprint density at radius 3 is 2.64 bits per heavy atom. The largest absolute Gasteiger partial charge is 0.493 e. The average Bonchev–Trinajstić information content (AvgIpc) is 3.01. The minimum absolute atomic E-state index is 0.0125. The molecule has 0 aliphatic carbocycles. The Balaban J connectivity index is 1.93. The molecule has 0 radical (unpaired) electrons. The molecule has 3 rings (SSSR count). The molecule has 0 bridgehead atoms. The summed E-state index contributed by atoms with van der Waals surface area (Å²) in [5, 5.41) is 0.293. The van der Waals surface area contributed by atoms with E-state index in [1.165, 1.54) is 38.5 Å². The Morgan fingerprint density at radius 1 is 1.18 bits per heavy atom. The van der Waals surface area contributed by atoms with Crippen molar-refractivity contribution in [2.24, 2.45) is 4.99 Å². The van der Waals surface area contributed by atoms with E-state index in [0.717, 1.165) is 0 Å². The van der Waals surface area contributed by atoms with Crippen molar-refractivity contribution in [1.29, 1.82) is 0 Å². The lowest BCUT2D eigenvalue weighted by Gasteiger charge is -2.10. The number of carbonyl (C=O) groups is 1. The molecule has 0 fully saturated rings. The van der Waals surface area contributed by atoms with Gasteiger partial charge in [-0.15, -0.1) is 0 Å². The van der Waals surface area contributed by atoms with Crippen LogP contribution >= 0.6 is 11.6 Å². The second kappa shape index (κ2) is 8.26. The first-order valence-electron chi connectivity index (χ1n) is 7.90. The number of ether oxygens (including phenoxy) is 4. The van der Waals surface area contributed by atoms with Crippen LogP contribution in [0, 0.1) is 0 Å². The lowest BCUT2D eigenvalue weighted by Crippen LogP contribution is -2.07. The second-order valence-electron chi connectivity index (χ2n) is 5.48. The number of benzene rings is 2. The van der Waals surface area contributed by atoms with Crippen molar-refractivity contribution < 1.29 is 32.5 Å². The number of hydrogen-bond donors (Lipinski definition) is 0. The van der Waals surface area contributed by atoms with Crippen LogP contribution in [0.2, 0.25) is 5.02 Å². The zero-order valence-electron chi connectivity index (χ0n) is 14.7. The maximum atomic E-state index is 12.4. The van der Waals surface area contributed by atoms with E-state index in [0.29, 0.717) is 27.6 Å². The number of cyclic esters (lactones) is 1. The van der Waals surface area contributed by atoms with Gasteiger partial charge in [-0.1, -0.05) is 17.7 Å². The Morgan fingerprint density at radius 2 is 1.96 bits per heavy atom. The molecule has 6 nitrogen and oxygen atoms in total. The highest BCUT2D eigenvalue weighted by Crippen LogP contribution is 2.37. The molecule has 1 aliphatic rings. The van der Waals surface area contributed by atoms with Gasteiger partial charge in [0, 0.05) is 5.56 Å². The molecule has 2 aromatic rings. The molecule has 0 spiro atoms. The first-order chi connectivity index (χ1) is 13.4. The van der Waals surface area contributed by atoms with Crippen molar-refractivity contribution in [3.63, 3.8) is 0 Å².